The summed E-state index contributed by atoms with van der Waals surface area (Å²) in [4.78, 5) is 4.49. The van der Waals surface area contributed by atoms with E-state index in [4.69, 9.17) is 5.73 Å². The number of rotatable bonds is 4. The molecule has 0 amide bonds. The van der Waals surface area contributed by atoms with E-state index in [1.165, 1.54) is 4.68 Å². The van der Waals surface area contributed by atoms with Crippen molar-refractivity contribution in [2.24, 2.45) is 0 Å². The summed E-state index contributed by atoms with van der Waals surface area (Å²) in [6, 6.07) is 15.4. The largest absolute Gasteiger partial charge is 0.417 e. The Kier molecular flexibility index (Phi) is 5.35. The number of nitrogens with two attached hydrogens (primary N) is 1. The lowest BCUT2D eigenvalue weighted by Gasteiger charge is -2.11. The molecule has 0 atom stereocenters. The number of fused-ring (bicyclic) bond motifs is 1. The number of benzene rings is 2. The van der Waals surface area contributed by atoms with Crippen LogP contribution in [0.15, 0.2) is 65.3 Å². The fraction of sp³-hybridized carbons (Fsp3) is 0.130. The lowest BCUT2D eigenvalue weighted by atomic mass is 10.1. The summed E-state index contributed by atoms with van der Waals surface area (Å²) in [6.45, 7) is 1.99. The van der Waals surface area contributed by atoms with Crippen LogP contribution in [0.3, 0.4) is 0 Å². The molecule has 0 aliphatic rings. The Balaban J connectivity index is 1.61. The SMILES string of the molecule is Cc1c(Br)cccc1-n1cc(Cn2nc(N)c3c(C(F)(F)F)cc(-c4ccccc4)nc32)nn1. The second-order valence-corrected chi connectivity index (χ2v) is 8.55. The van der Waals surface area contributed by atoms with Crippen molar-refractivity contribution in [1.82, 2.24) is 29.8 Å². The Bertz CT molecular complexity index is 1510. The van der Waals surface area contributed by atoms with E-state index >= 15 is 0 Å². The van der Waals surface area contributed by atoms with Gasteiger partial charge in [-0.3, -0.25) is 0 Å². The molecule has 34 heavy (non-hydrogen) atoms. The van der Waals surface area contributed by atoms with E-state index in [0.29, 0.717) is 11.3 Å². The predicted molar refractivity (Wildman–Crippen MR) is 125 cm³/mol. The Labute approximate surface area is 200 Å². The Hall–Kier alpha value is -3.73. The molecule has 0 aliphatic heterocycles. The lowest BCUT2D eigenvalue weighted by Crippen LogP contribution is -2.09. The summed E-state index contributed by atoms with van der Waals surface area (Å²) in [5.74, 6) is -0.246. The minimum absolute atomic E-state index is 0.0272. The van der Waals surface area contributed by atoms with E-state index < -0.39 is 11.7 Å². The molecule has 0 saturated heterocycles. The van der Waals surface area contributed by atoms with Gasteiger partial charge in [0, 0.05) is 10.0 Å². The third-order valence-electron chi connectivity index (χ3n) is 5.44. The number of aromatic nitrogens is 6. The van der Waals surface area contributed by atoms with Crippen molar-refractivity contribution in [3.05, 3.63) is 82.1 Å². The fourth-order valence-electron chi connectivity index (χ4n) is 3.78. The highest BCUT2D eigenvalue weighted by Crippen LogP contribution is 2.39. The maximum atomic E-state index is 13.9. The van der Waals surface area contributed by atoms with Gasteiger partial charge >= 0.3 is 6.18 Å². The van der Waals surface area contributed by atoms with Crippen LogP contribution in [-0.4, -0.2) is 29.8 Å². The second kappa shape index (κ2) is 8.24. The molecule has 5 aromatic rings. The van der Waals surface area contributed by atoms with E-state index in [-0.39, 0.29) is 29.1 Å². The average Bonchev–Trinajstić information content (AvgIpc) is 3.40. The third kappa shape index (κ3) is 3.92. The molecule has 0 aliphatic carbocycles. The second-order valence-electron chi connectivity index (χ2n) is 7.70. The maximum Gasteiger partial charge on any atom is 0.417 e. The third-order valence-corrected chi connectivity index (χ3v) is 6.30. The van der Waals surface area contributed by atoms with Gasteiger partial charge in [-0.15, -0.1) is 5.10 Å². The number of alkyl halides is 3. The predicted octanol–water partition coefficient (Wildman–Crippen LogP) is 5.40. The summed E-state index contributed by atoms with van der Waals surface area (Å²) in [5, 5.41) is 12.3. The van der Waals surface area contributed by atoms with Gasteiger partial charge in [-0.1, -0.05) is 57.5 Å². The van der Waals surface area contributed by atoms with E-state index in [0.717, 1.165) is 21.8 Å². The van der Waals surface area contributed by atoms with E-state index in [9.17, 15) is 13.2 Å². The molecule has 0 fully saturated rings. The van der Waals surface area contributed by atoms with Crippen LogP contribution < -0.4 is 5.73 Å². The zero-order chi connectivity index (χ0) is 24.0. The Morgan fingerprint density at radius 3 is 2.56 bits per heavy atom. The van der Waals surface area contributed by atoms with Crippen LogP contribution in [0.1, 0.15) is 16.8 Å². The van der Waals surface area contributed by atoms with Gasteiger partial charge in [0.15, 0.2) is 11.5 Å². The number of hydrogen-bond donors (Lipinski definition) is 1. The fourth-order valence-corrected chi connectivity index (χ4v) is 4.13. The topological polar surface area (TPSA) is 87.4 Å². The molecule has 0 saturated carbocycles. The number of nitrogen functional groups attached to an aromatic ring is 1. The van der Waals surface area contributed by atoms with Gasteiger partial charge < -0.3 is 5.73 Å². The van der Waals surface area contributed by atoms with Crippen LogP contribution in [-0.2, 0) is 12.7 Å². The molecular weight excluding hydrogens is 511 g/mol. The van der Waals surface area contributed by atoms with E-state index in [1.807, 2.05) is 25.1 Å². The van der Waals surface area contributed by atoms with Gasteiger partial charge in [-0.25, -0.2) is 14.3 Å². The molecule has 172 valence electrons. The van der Waals surface area contributed by atoms with Gasteiger partial charge in [0.25, 0.3) is 0 Å². The summed E-state index contributed by atoms with van der Waals surface area (Å²) in [6.07, 6.45) is -2.93. The molecule has 0 unspecified atom stereocenters. The minimum atomic E-state index is -4.63. The number of anilines is 1. The van der Waals surface area contributed by atoms with E-state index in [2.05, 4.69) is 36.3 Å². The Morgan fingerprint density at radius 2 is 1.82 bits per heavy atom. The van der Waals surface area contributed by atoms with Crippen LogP contribution in [0.2, 0.25) is 0 Å². The van der Waals surface area contributed by atoms with Crippen molar-refractivity contribution < 1.29 is 13.2 Å². The zero-order valence-electron chi connectivity index (χ0n) is 17.8. The molecule has 3 heterocycles. The van der Waals surface area contributed by atoms with Gasteiger partial charge in [-0.2, -0.15) is 18.3 Å². The molecule has 3 aromatic heterocycles. The monoisotopic (exact) mass is 527 g/mol. The molecule has 2 N–H and O–H groups in total. The number of halogens is 4. The number of pyridine rings is 1. The molecule has 2 aromatic carbocycles. The molecule has 11 heteroatoms. The maximum absolute atomic E-state index is 13.9. The van der Waals surface area contributed by atoms with Gasteiger partial charge in [0.1, 0.15) is 5.69 Å². The summed E-state index contributed by atoms with van der Waals surface area (Å²) in [7, 11) is 0. The lowest BCUT2D eigenvalue weighted by molar-refractivity contribution is -0.136. The van der Waals surface area contributed by atoms with Crippen molar-refractivity contribution >= 4 is 32.8 Å². The quantitative estimate of drug-likeness (QED) is 0.338. The highest BCUT2D eigenvalue weighted by atomic mass is 79.9. The molecular formula is C23H17BrF3N7. The van der Waals surface area contributed by atoms with Crippen molar-refractivity contribution in [3.8, 4) is 16.9 Å². The smallest absolute Gasteiger partial charge is 0.382 e. The summed E-state index contributed by atoms with van der Waals surface area (Å²) in [5.41, 5.74) is 8.09. The number of nitrogens with zero attached hydrogens (tertiary/aromatic N) is 6. The van der Waals surface area contributed by atoms with Gasteiger partial charge in [-0.05, 0) is 30.7 Å². The van der Waals surface area contributed by atoms with Crippen molar-refractivity contribution in [1.29, 1.82) is 0 Å². The van der Waals surface area contributed by atoms with Crippen LogP contribution >= 0.6 is 15.9 Å². The van der Waals surface area contributed by atoms with E-state index in [1.54, 1.807) is 41.2 Å². The molecule has 0 spiro atoms. The van der Waals surface area contributed by atoms with Gasteiger partial charge in [0.2, 0.25) is 0 Å². The first-order chi connectivity index (χ1) is 16.2. The summed E-state index contributed by atoms with van der Waals surface area (Å²) >= 11 is 3.49. The first kappa shape index (κ1) is 22.1. The van der Waals surface area contributed by atoms with Crippen molar-refractivity contribution in [2.45, 2.75) is 19.6 Å². The van der Waals surface area contributed by atoms with Crippen LogP contribution in [0.25, 0.3) is 28.0 Å². The normalized spacial score (nSPS) is 11.9. The Morgan fingerprint density at radius 1 is 1.06 bits per heavy atom. The highest BCUT2D eigenvalue weighted by molar-refractivity contribution is 9.10. The first-order valence-corrected chi connectivity index (χ1v) is 11.0. The molecule has 7 nitrogen and oxygen atoms in total. The number of hydrogen-bond acceptors (Lipinski definition) is 5. The van der Waals surface area contributed by atoms with Crippen LogP contribution in [0.5, 0.6) is 0 Å². The van der Waals surface area contributed by atoms with Crippen LogP contribution in [0, 0.1) is 6.92 Å². The molecule has 0 bridgehead atoms. The van der Waals surface area contributed by atoms with Gasteiger partial charge in [0.05, 0.1) is 35.1 Å². The minimum Gasteiger partial charge on any atom is -0.382 e. The highest BCUT2D eigenvalue weighted by Gasteiger charge is 2.36. The zero-order valence-corrected chi connectivity index (χ0v) is 19.3. The molecule has 0 radical (unpaired) electrons. The first-order valence-electron chi connectivity index (χ1n) is 10.2. The van der Waals surface area contributed by atoms with Crippen LogP contribution in [0.4, 0.5) is 19.0 Å². The van der Waals surface area contributed by atoms with Crippen molar-refractivity contribution in [3.63, 3.8) is 0 Å². The average molecular weight is 528 g/mol. The standard InChI is InChI=1S/C23H17BrF3N7/c1-13-17(24)8-5-9-19(13)33-11-15(30-32-33)12-34-22-20(21(28)31-34)16(23(25,26)27)10-18(29-22)14-6-3-2-4-7-14/h2-11H,12H2,1H3,(H2,28,31). The van der Waals surface area contributed by atoms with Crippen molar-refractivity contribution in [2.75, 3.05) is 5.73 Å². The molecule has 5 rings (SSSR count). The summed E-state index contributed by atoms with van der Waals surface area (Å²) < 4.78 is 45.7.